The van der Waals surface area contributed by atoms with Gasteiger partial charge in [0.1, 0.15) is 5.75 Å². The Morgan fingerprint density at radius 1 is 1.36 bits per heavy atom. The highest BCUT2D eigenvalue weighted by Crippen LogP contribution is 2.23. The number of rotatable bonds is 3. The van der Waals surface area contributed by atoms with E-state index in [0.29, 0.717) is 17.1 Å². The number of carbonyl (C=O) groups excluding carboxylic acids is 1. The van der Waals surface area contributed by atoms with Crippen molar-refractivity contribution in [1.82, 2.24) is 19.8 Å². The molecule has 0 spiro atoms. The minimum atomic E-state index is -0.533. The van der Waals surface area contributed by atoms with Crippen LogP contribution in [0.25, 0.3) is 5.52 Å². The Labute approximate surface area is 124 Å². The zero-order valence-electron chi connectivity index (χ0n) is 12.0. The molecule has 2 N–H and O–H groups in total. The number of methoxy groups -OCH3 is 1. The molecule has 0 fully saturated rings. The number of aromatic amines is 1. The van der Waals surface area contributed by atoms with Crippen molar-refractivity contribution < 1.29 is 9.53 Å². The van der Waals surface area contributed by atoms with Gasteiger partial charge in [-0.05, 0) is 19.1 Å². The molecular formula is C14H13N5O3. The van der Waals surface area contributed by atoms with E-state index in [1.165, 1.54) is 11.6 Å². The van der Waals surface area contributed by atoms with Crippen molar-refractivity contribution >= 4 is 17.1 Å². The third-order valence-corrected chi connectivity index (χ3v) is 3.11. The molecule has 0 aliphatic heterocycles. The first-order valence-corrected chi connectivity index (χ1v) is 6.49. The van der Waals surface area contributed by atoms with E-state index in [0.717, 1.165) is 0 Å². The predicted molar refractivity (Wildman–Crippen MR) is 79.3 cm³/mol. The Morgan fingerprint density at radius 2 is 2.14 bits per heavy atom. The number of ether oxygens (including phenoxy) is 1. The van der Waals surface area contributed by atoms with Crippen LogP contribution in [0.4, 0.5) is 5.69 Å². The Kier molecular flexibility index (Phi) is 3.34. The van der Waals surface area contributed by atoms with Gasteiger partial charge in [0.2, 0.25) is 0 Å². The molecule has 1 aromatic carbocycles. The van der Waals surface area contributed by atoms with Gasteiger partial charge in [-0.3, -0.25) is 9.59 Å². The van der Waals surface area contributed by atoms with E-state index in [9.17, 15) is 9.59 Å². The van der Waals surface area contributed by atoms with E-state index in [-0.39, 0.29) is 11.2 Å². The molecule has 0 atom stereocenters. The van der Waals surface area contributed by atoms with Gasteiger partial charge in [-0.2, -0.15) is 0 Å². The maximum atomic E-state index is 12.4. The van der Waals surface area contributed by atoms with Crippen LogP contribution in [-0.2, 0) is 0 Å². The average molecular weight is 299 g/mol. The van der Waals surface area contributed by atoms with Crippen molar-refractivity contribution in [2.75, 3.05) is 12.4 Å². The molecule has 0 radical (unpaired) electrons. The normalized spacial score (nSPS) is 10.6. The smallest absolute Gasteiger partial charge is 0.278 e. The number of amides is 1. The van der Waals surface area contributed by atoms with E-state index < -0.39 is 11.5 Å². The van der Waals surface area contributed by atoms with E-state index in [4.69, 9.17) is 4.74 Å². The van der Waals surface area contributed by atoms with Gasteiger partial charge < -0.3 is 15.0 Å². The van der Waals surface area contributed by atoms with Gasteiger partial charge in [-0.15, -0.1) is 5.10 Å². The van der Waals surface area contributed by atoms with Crippen LogP contribution in [-0.4, -0.2) is 32.8 Å². The molecule has 2 aromatic heterocycles. The largest absolute Gasteiger partial charge is 0.495 e. The molecule has 22 heavy (non-hydrogen) atoms. The SMILES string of the molecule is COc1ccccc1NC(=O)c1nnn2cc(C)[nH]c(=O)c12. The number of aryl methyl sites for hydroxylation is 1. The van der Waals surface area contributed by atoms with Crippen molar-refractivity contribution in [3.05, 3.63) is 52.2 Å². The summed E-state index contributed by atoms with van der Waals surface area (Å²) in [6.45, 7) is 1.72. The number of para-hydroxylation sites is 2. The minimum absolute atomic E-state index is 0.0489. The molecule has 0 saturated carbocycles. The lowest BCUT2D eigenvalue weighted by Gasteiger charge is -2.08. The lowest BCUT2D eigenvalue weighted by molar-refractivity contribution is 0.102. The molecule has 0 aliphatic rings. The quantitative estimate of drug-likeness (QED) is 0.751. The van der Waals surface area contributed by atoms with E-state index >= 15 is 0 Å². The number of fused-ring (bicyclic) bond motifs is 1. The molecular weight excluding hydrogens is 286 g/mol. The first-order chi connectivity index (χ1) is 10.6. The summed E-state index contributed by atoms with van der Waals surface area (Å²) in [5.41, 5.74) is 0.735. The summed E-state index contributed by atoms with van der Waals surface area (Å²) in [4.78, 5) is 27.0. The lowest BCUT2D eigenvalue weighted by Crippen LogP contribution is -2.18. The van der Waals surface area contributed by atoms with E-state index in [2.05, 4.69) is 20.6 Å². The van der Waals surface area contributed by atoms with Gasteiger partial charge in [0.15, 0.2) is 11.2 Å². The monoisotopic (exact) mass is 299 g/mol. The number of H-pyrrole nitrogens is 1. The number of anilines is 1. The van der Waals surface area contributed by atoms with Crippen molar-refractivity contribution in [2.24, 2.45) is 0 Å². The van der Waals surface area contributed by atoms with E-state index in [1.54, 1.807) is 37.4 Å². The first-order valence-electron chi connectivity index (χ1n) is 6.49. The minimum Gasteiger partial charge on any atom is -0.495 e. The molecule has 0 aliphatic carbocycles. The standard InChI is InChI=1S/C14H13N5O3/c1-8-7-19-12(14(21)15-8)11(17-18-19)13(20)16-9-5-3-4-6-10(9)22-2/h3-7H,1-2H3,(H,15,21)(H,16,20). The summed E-state index contributed by atoms with van der Waals surface area (Å²) in [5.74, 6) is -0.0223. The van der Waals surface area contributed by atoms with Crippen LogP contribution < -0.4 is 15.6 Å². The fraction of sp³-hybridized carbons (Fsp3) is 0.143. The number of nitrogens with one attached hydrogen (secondary N) is 2. The fourth-order valence-electron chi connectivity index (χ4n) is 2.13. The van der Waals surface area contributed by atoms with E-state index in [1.807, 2.05) is 0 Å². The Morgan fingerprint density at radius 3 is 2.91 bits per heavy atom. The van der Waals surface area contributed by atoms with Crippen LogP contribution in [0.15, 0.2) is 35.3 Å². The van der Waals surface area contributed by atoms with Crippen LogP contribution in [0.1, 0.15) is 16.2 Å². The molecule has 3 aromatic rings. The Bertz CT molecular complexity index is 912. The summed E-state index contributed by atoms with van der Waals surface area (Å²) in [6, 6.07) is 6.96. The fourth-order valence-corrected chi connectivity index (χ4v) is 2.13. The molecule has 112 valence electrons. The third-order valence-electron chi connectivity index (χ3n) is 3.11. The van der Waals surface area contributed by atoms with Gasteiger partial charge in [0.05, 0.1) is 19.0 Å². The highest BCUT2D eigenvalue weighted by molar-refractivity contribution is 6.07. The molecule has 8 heteroatoms. The molecule has 0 unspecified atom stereocenters. The number of carbonyl (C=O) groups is 1. The van der Waals surface area contributed by atoms with Crippen molar-refractivity contribution in [1.29, 1.82) is 0 Å². The van der Waals surface area contributed by atoms with Gasteiger partial charge in [-0.25, -0.2) is 4.52 Å². The zero-order valence-corrected chi connectivity index (χ0v) is 12.0. The maximum Gasteiger partial charge on any atom is 0.278 e. The van der Waals surface area contributed by atoms with Crippen molar-refractivity contribution in [3.63, 3.8) is 0 Å². The van der Waals surface area contributed by atoms with Gasteiger partial charge >= 0.3 is 0 Å². The summed E-state index contributed by atoms with van der Waals surface area (Å²) >= 11 is 0. The van der Waals surface area contributed by atoms with Crippen LogP contribution in [0.5, 0.6) is 5.75 Å². The molecule has 3 rings (SSSR count). The summed E-state index contributed by atoms with van der Waals surface area (Å²) < 4.78 is 6.45. The molecule has 1 amide bonds. The van der Waals surface area contributed by atoms with Crippen LogP contribution in [0.3, 0.4) is 0 Å². The maximum absolute atomic E-state index is 12.4. The Balaban J connectivity index is 2.01. The second-order valence-electron chi connectivity index (χ2n) is 4.65. The highest BCUT2D eigenvalue weighted by atomic mass is 16.5. The van der Waals surface area contributed by atoms with Crippen LogP contribution >= 0.6 is 0 Å². The number of nitrogens with zero attached hydrogens (tertiary/aromatic N) is 3. The number of aromatic nitrogens is 4. The van der Waals surface area contributed by atoms with Crippen molar-refractivity contribution in [3.8, 4) is 5.75 Å². The predicted octanol–water partition coefficient (Wildman–Crippen LogP) is 0.987. The lowest BCUT2D eigenvalue weighted by atomic mass is 10.2. The number of hydrogen-bond donors (Lipinski definition) is 2. The van der Waals surface area contributed by atoms with Crippen LogP contribution in [0, 0.1) is 6.92 Å². The van der Waals surface area contributed by atoms with Gasteiger partial charge in [-0.1, -0.05) is 17.3 Å². The second-order valence-corrected chi connectivity index (χ2v) is 4.65. The third kappa shape index (κ3) is 2.30. The van der Waals surface area contributed by atoms with Gasteiger partial charge in [0.25, 0.3) is 11.5 Å². The molecule has 0 bridgehead atoms. The second kappa shape index (κ2) is 5.32. The summed E-state index contributed by atoms with van der Waals surface area (Å²) in [7, 11) is 1.51. The summed E-state index contributed by atoms with van der Waals surface area (Å²) in [6.07, 6.45) is 1.59. The average Bonchev–Trinajstić information content (AvgIpc) is 2.92. The highest BCUT2D eigenvalue weighted by Gasteiger charge is 2.19. The first kappa shape index (κ1) is 13.8. The van der Waals surface area contributed by atoms with Gasteiger partial charge in [0, 0.05) is 5.69 Å². The van der Waals surface area contributed by atoms with Crippen molar-refractivity contribution in [2.45, 2.75) is 6.92 Å². The summed E-state index contributed by atoms with van der Waals surface area (Å²) in [5, 5.41) is 10.3. The molecule has 0 saturated heterocycles. The zero-order chi connectivity index (χ0) is 15.7. The van der Waals surface area contributed by atoms with Crippen LogP contribution in [0.2, 0.25) is 0 Å². The number of benzene rings is 1. The number of hydrogen-bond acceptors (Lipinski definition) is 5. The molecule has 2 heterocycles. The Hall–Kier alpha value is -3.16. The topological polar surface area (TPSA) is 101 Å². The molecule has 8 nitrogen and oxygen atoms in total.